The number of halogens is 3. The topological polar surface area (TPSA) is 30.5 Å². The summed E-state index contributed by atoms with van der Waals surface area (Å²) in [4.78, 5) is 0. The Balaban J connectivity index is 0.00000300. The smallest absolute Gasteiger partial charge is 0.161 e. The van der Waals surface area contributed by atoms with Crippen molar-refractivity contribution in [1.82, 2.24) is 5.32 Å². The molecule has 0 fully saturated rings. The summed E-state index contributed by atoms with van der Waals surface area (Å²) in [6.07, 6.45) is 8.74. The third kappa shape index (κ3) is 7.42. The van der Waals surface area contributed by atoms with E-state index in [-0.39, 0.29) is 12.4 Å². The highest BCUT2D eigenvalue weighted by Gasteiger charge is 2.09. The molecule has 29 heavy (non-hydrogen) atoms. The largest absolute Gasteiger partial charge is 0.493 e. The quantitative estimate of drug-likeness (QED) is 0.326. The van der Waals surface area contributed by atoms with Crippen LogP contribution in [0.25, 0.3) is 0 Å². The molecular formula is C23H28Cl3NO2. The molecule has 0 heterocycles. The highest BCUT2D eigenvalue weighted by Crippen LogP contribution is 2.30. The van der Waals surface area contributed by atoms with Crippen molar-refractivity contribution in [3.8, 4) is 11.5 Å². The highest BCUT2D eigenvalue weighted by molar-refractivity contribution is 6.35. The van der Waals surface area contributed by atoms with E-state index in [1.54, 1.807) is 18.7 Å². The van der Waals surface area contributed by atoms with Gasteiger partial charge in [0.15, 0.2) is 11.5 Å². The summed E-state index contributed by atoms with van der Waals surface area (Å²) in [5, 5.41) is 4.73. The highest BCUT2D eigenvalue weighted by atomic mass is 35.5. The normalized spacial score (nSPS) is 13.4. The second kappa shape index (κ2) is 12.3. The van der Waals surface area contributed by atoms with Crippen LogP contribution in [0.3, 0.4) is 0 Å². The van der Waals surface area contributed by atoms with Crippen LogP contribution in [0.2, 0.25) is 10.0 Å². The fourth-order valence-corrected chi connectivity index (χ4v) is 3.81. The maximum absolute atomic E-state index is 6.21. The van der Waals surface area contributed by atoms with Gasteiger partial charge < -0.3 is 14.8 Å². The van der Waals surface area contributed by atoms with Crippen molar-refractivity contribution in [1.29, 1.82) is 0 Å². The van der Waals surface area contributed by atoms with Gasteiger partial charge in [-0.15, -0.1) is 12.4 Å². The van der Waals surface area contributed by atoms with E-state index >= 15 is 0 Å². The molecule has 0 aliphatic heterocycles. The first-order chi connectivity index (χ1) is 13.7. The number of allylic oxidation sites excluding steroid dienone is 1. The molecule has 0 spiro atoms. The average Bonchev–Trinajstić information content (AvgIpc) is 2.72. The molecule has 0 radical (unpaired) electrons. The minimum Gasteiger partial charge on any atom is -0.493 e. The second-order valence-corrected chi connectivity index (χ2v) is 7.89. The van der Waals surface area contributed by atoms with E-state index in [1.165, 1.54) is 31.2 Å². The summed E-state index contributed by atoms with van der Waals surface area (Å²) in [6.45, 7) is 2.17. The predicted octanol–water partition coefficient (Wildman–Crippen LogP) is 6.98. The van der Waals surface area contributed by atoms with Crippen LogP contribution >= 0.6 is 35.6 Å². The molecule has 1 N–H and O–H groups in total. The van der Waals surface area contributed by atoms with Gasteiger partial charge in [-0.25, -0.2) is 0 Å². The van der Waals surface area contributed by atoms with Gasteiger partial charge in [-0.1, -0.05) is 47.0 Å². The Morgan fingerprint density at radius 3 is 2.62 bits per heavy atom. The Morgan fingerprint density at radius 1 is 1.03 bits per heavy atom. The molecule has 2 aromatic rings. The van der Waals surface area contributed by atoms with E-state index < -0.39 is 0 Å². The van der Waals surface area contributed by atoms with Gasteiger partial charge in [0.2, 0.25) is 0 Å². The van der Waals surface area contributed by atoms with Crippen LogP contribution in [0.15, 0.2) is 48.0 Å². The number of hydrogen-bond acceptors (Lipinski definition) is 3. The van der Waals surface area contributed by atoms with Crippen molar-refractivity contribution in [3.05, 3.63) is 69.2 Å². The summed E-state index contributed by atoms with van der Waals surface area (Å²) in [7, 11) is 1.66. The van der Waals surface area contributed by atoms with Crippen LogP contribution in [0, 0.1) is 0 Å². The first kappa shape index (κ1) is 23.9. The number of hydrogen-bond donors (Lipinski definition) is 1. The van der Waals surface area contributed by atoms with Crippen molar-refractivity contribution in [2.24, 2.45) is 0 Å². The van der Waals surface area contributed by atoms with E-state index in [0.29, 0.717) is 22.4 Å². The molecule has 3 nitrogen and oxygen atoms in total. The number of ether oxygens (including phenoxy) is 2. The van der Waals surface area contributed by atoms with Crippen LogP contribution in [-0.2, 0) is 13.2 Å². The molecule has 3 rings (SSSR count). The molecule has 0 bridgehead atoms. The van der Waals surface area contributed by atoms with Gasteiger partial charge in [-0.2, -0.15) is 0 Å². The maximum atomic E-state index is 6.21. The third-order valence-corrected chi connectivity index (χ3v) is 5.55. The van der Waals surface area contributed by atoms with Crippen molar-refractivity contribution in [2.75, 3.05) is 13.7 Å². The lowest BCUT2D eigenvalue weighted by Crippen LogP contribution is -2.15. The van der Waals surface area contributed by atoms with Gasteiger partial charge in [0.1, 0.15) is 6.61 Å². The zero-order chi connectivity index (χ0) is 19.8. The Morgan fingerprint density at radius 2 is 1.90 bits per heavy atom. The van der Waals surface area contributed by atoms with Crippen LogP contribution in [0.4, 0.5) is 0 Å². The minimum absolute atomic E-state index is 0. The van der Waals surface area contributed by atoms with Gasteiger partial charge in [0.05, 0.1) is 7.11 Å². The van der Waals surface area contributed by atoms with E-state index in [9.17, 15) is 0 Å². The summed E-state index contributed by atoms with van der Waals surface area (Å²) in [5.74, 6) is 1.42. The lowest BCUT2D eigenvalue weighted by atomic mass is 9.97. The zero-order valence-corrected chi connectivity index (χ0v) is 19.0. The second-order valence-electron chi connectivity index (χ2n) is 7.04. The summed E-state index contributed by atoms with van der Waals surface area (Å²) < 4.78 is 11.4. The zero-order valence-electron chi connectivity index (χ0n) is 16.7. The Kier molecular flexibility index (Phi) is 10.2. The van der Waals surface area contributed by atoms with Gasteiger partial charge in [0.25, 0.3) is 0 Å². The van der Waals surface area contributed by atoms with Crippen LogP contribution in [0.1, 0.15) is 43.2 Å². The number of methoxy groups -OCH3 is 1. The number of benzene rings is 2. The fourth-order valence-electron chi connectivity index (χ4n) is 3.35. The minimum atomic E-state index is 0. The van der Waals surface area contributed by atoms with Gasteiger partial charge >= 0.3 is 0 Å². The summed E-state index contributed by atoms with van der Waals surface area (Å²) >= 11 is 12.2. The molecule has 158 valence electrons. The maximum Gasteiger partial charge on any atom is 0.161 e. The van der Waals surface area contributed by atoms with Crippen molar-refractivity contribution < 1.29 is 9.47 Å². The Labute approximate surface area is 189 Å². The van der Waals surface area contributed by atoms with Gasteiger partial charge in [0, 0.05) is 22.2 Å². The predicted molar refractivity (Wildman–Crippen MR) is 124 cm³/mol. The van der Waals surface area contributed by atoms with E-state index in [1.807, 2.05) is 24.3 Å². The molecule has 0 saturated heterocycles. The summed E-state index contributed by atoms with van der Waals surface area (Å²) in [6, 6.07) is 11.4. The molecule has 0 atom stereocenters. The molecule has 0 unspecified atom stereocenters. The third-order valence-electron chi connectivity index (χ3n) is 4.96. The Hall–Kier alpha value is -1.39. The van der Waals surface area contributed by atoms with Crippen molar-refractivity contribution in [2.45, 2.75) is 45.3 Å². The molecule has 1 aliphatic rings. The van der Waals surface area contributed by atoms with Crippen LogP contribution < -0.4 is 14.8 Å². The number of nitrogens with one attached hydrogen (secondary N) is 1. The van der Waals surface area contributed by atoms with Gasteiger partial charge in [-0.3, -0.25) is 0 Å². The van der Waals surface area contributed by atoms with Crippen LogP contribution in [-0.4, -0.2) is 13.7 Å². The van der Waals surface area contributed by atoms with E-state index in [2.05, 4.69) is 17.5 Å². The molecule has 0 aromatic heterocycles. The van der Waals surface area contributed by atoms with Crippen molar-refractivity contribution >= 4 is 35.6 Å². The monoisotopic (exact) mass is 455 g/mol. The van der Waals surface area contributed by atoms with Crippen molar-refractivity contribution in [3.63, 3.8) is 0 Å². The number of rotatable bonds is 9. The van der Waals surface area contributed by atoms with Gasteiger partial charge in [-0.05, 0) is 68.5 Å². The summed E-state index contributed by atoms with van der Waals surface area (Å²) in [5.41, 5.74) is 3.66. The molecule has 1 aliphatic carbocycles. The van der Waals surface area contributed by atoms with E-state index in [0.717, 1.165) is 30.8 Å². The molecule has 2 aromatic carbocycles. The standard InChI is InChI=1S/C23H27Cl2NO2.ClH/c1-27-23-13-18(15-26-12-11-17-5-3-2-4-6-17)7-10-22(23)28-16-19-8-9-20(24)14-21(19)25;/h5,7-10,13-14,26H,2-4,6,11-12,15-16H2,1H3;1H. The lowest BCUT2D eigenvalue weighted by molar-refractivity contribution is 0.284. The molecule has 6 heteroatoms. The fraction of sp³-hybridized carbons (Fsp3) is 0.391. The SMILES string of the molecule is COc1cc(CNCCC2=CCCCC2)ccc1OCc1ccc(Cl)cc1Cl.Cl. The first-order valence-corrected chi connectivity index (χ1v) is 10.5. The first-order valence-electron chi connectivity index (χ1n) is 9.78. The Bertz CT molecular complexity index is 824. The average molecular weight is 457 g/mol. The lowest BCUT2D eigenvalue weighted by Gasteiger charge is -2.14. The molecule has 0 amide bonds. The van der Waals surface area contributed by atoms with Crippen LogP contribution in [0.5, 0.6) is 11.5 Å². The van der Waals surface area contributed by atoms with E-state index in [4.69, 9.17) is 32.7 Å². The molecular weight excluding hydrogens is 429 g/mol. The molecule has 0 saturated carbocycles.